The molecule has 1 fully saturated rings. The van der Waals surface area contributed by atoms with Gasteiger partial charge in [0.15, 0.2) is 5.58 Å². The third-order valence-corrected chi connectivity index (χ3v) is 9.22. The molecule has 0 aliphatic carbocycles. The maximum Gasteiger partial charge on any atom is 0.419 e. The number of aryl methyl sites for hydroxylation is 1. The number of nitrogens with zero attached hydrogens (tertiary/aromatic N) is 2. The Morgan fingerprint density at radius 3 is 2.76 bits per heavy atom. The predicted octanol–water partition coefficient (Wildman–Crippen LogP) is 3.12. The Bertz CT molecular complexity index is 1360. The number of hydrogen-bond donors (Lipinski definition) is 1. The van der Waals surface area contributed by atoms with Crippen LogP contribution in [0, 0.1) is 0 Å². The molecule has 1 amide bonds. The molecule has 1 saturated heterocycles. The number of nitrogens with one attached hydrogen (secondary N) is 1. The van der Waals surface area contributed by atoms with E-state index >= 15 is 0 Å². The van der Waals surface area contributed by atoms with Gasteiger partial charge in [-0.05, 0) is 43.0 Å². The van der Waals surface area contributed by atoms with Crippen LogP contribution in [0.1, 0.15) is 37.3 Å². The summed E-state index contributed by atoms with van der Waals surface area (Å²) in [7, 11) is -3.60. The maximum absolute atomic E-state index is 12.8. The minimum atomic E-state index is -3.60. The number of carbonyl (C=O) groups excluding carboxylic acids is 1. The van der Waals surface area contributed by atoms with Gasteiger partial charge in [0.05, 0.1) is 16.5 Å². The van der Waals surface area contributed by atoms with Crippen molar-refractivity contribution < 1.29 is 17.6 Å². The predicted molar refractivity (Wildman–Crippen MR) is 126 cm³/mol. The first-order chi connectivity index (χ1) is 15.9. The highest BCUT2D eigenvalue weighted by Gasteiger charge is 2.28. The summed E-state index contributed by atoms with van der Waals surface area (Å²) in [5, 5.41) is 3.08. The number of oxazole rings is 1. The summed E-state index contributed by atoms with van der Waals surface area (Å²) in [6.07, 6.45) is 2.67. The first-order valence-electron chi connectivity index (χ1n) is 11.1. The standard InChI is InChI=1S/C23H25N3O5S2/c27-22(24-18-10-14-32-21-6-2-1-5-17(18)21)9-13-26-19-8-7-16(15-20(19)31-23(26)28)33(29,30)25-11-3-4-12-25/h1-2,5-8,15,18H,3-4,9-14H2,(H,24,27)/t18-/m0/s1. The van der Waals surface area contributed by atoms with Crippen molar-refractivity contribution in [2.24, 2.45) is 0 Å². The second-order valence-corrected chi connectivity index (χ2v) is 11.4. The number of rotatable bonds is 6. The van der Waals surface area contributed by atoms with Crippen molar-refractivity contribution in [1.82, 2.24) is 14.2 Å². The Kier molecular flexibility index (Phi) is 6.07. The summed E-state index contributed by atoms with van der Waals surface area (Å²) in [4.78, 5) is 26.4. The van der Waals surface area contributed by atoms with Gasteiger partial charge >= 0.3 is 5.76 Å². The highest BCUT2D eigenvalue weighted by molar-refractivity contribution is 7.99. The van der Waals surface area contributed by atoms with E-state index in [-0.39, 0.29) is 35.4 Å². The number of amides is 1. The minimum absolute atomic E-state index is 0.0360. The molecule has 8 nitrogen and oxygen atoms in total. The number of fused-ring (bicyclic) bond motifs is 2. The second-order valence-electron chi connectivity index (χ2n) is 8.31. The van der Waals surface area contributed by atoms with E-state index in [1.54, 1.807) is 17.8 Å². The van der Waals surface area contributed by atoms with Gasteiger partial charge in [-0.3, -0.25) is 9.36 Å². The summed E-state index contributed by atoms with van der Waals surface area (Å²) in [5.41, 5.74) is 1.81. The van der Waals surface area contributed by atoms with Crippen LogP contribution < -0.4 is 11.1 Å². The van der Waals surface area contributed by atoms with E-state index < -0.39 is 15.8 Å². The highest BCUT2D eigenvalue weighted by atomic mass is 32.2. The minimum Gasteiger partial charge on any atom is -0.408 e. The molecule has 10 heteroatoms. The molecule has 1 atom stereocenters. The van der Waals surface area contributed by atoms with Crippen LogP contribution in [0.5, 0.6) is 0 Å². The van der Waals surface area contributed by atoms with Crippen molar-refractivity contribution in [1.29, 1.82) is 0 Å². The van der Waals surface area contributed by atoms with E-state index in [2.05, 4.69) is 11.4 Å². The molecular weight excluding hydrogens is 462 g/mol. The molecule has 0 saturated carbocycles. The first-order valence-corrected chi connectivity index (χ1v) is 13.5. The normalized spacial score (nSPS) is 19.0. The van der Waals surface area contributed by atoms with Gasteiger partial charge in [0.25, 0.3) is 0 Å². The van der Waals surface area contributed by atoms with Crippen LogP contribution in [0.2, 0.25) is 0 Å². The Morgan fingerprint density at radius 1 is 1.15 bits per heavy atom. The van der Waals surface area contributed by atoms with Gasteiger partial charge in [-0.2, -0.15) is 4.31 Å². The van der Waals surface area contributed by atoms with Gasteiger partial charge in [0.1, 0.15) is 0 Å². The summed E-state index contributed by atoms with van der Waals surface area (Å²) < 4.78 is 33.8. The van der Waals surface area contributed by atoms with Crippen LogP contribution in [0.4, 0.5) is 0 Å². The highest BCUT2D eigenvalue weighted by Crippen LogP contribution is 2.35. The van der Waals surface area contributed by atoms with Crippen molar-refractivity contribution in [2.45, 2.75) is 48.1 Å². The van der Waals surface area contributed by atoms with Gasteiger partial charge in [0.2, 0.25) is 15.9 Å². The van der Waals surface area contributed by atoms with E-state index in [1.165, 1.54) is 25.9 Å². The van der Waals surface area contributed by atoms with Gasteiger partial charge in [-0.1, -0.05) is 18.2 Å². The smallest absolute Gasteiger partial charge is 0.408 e. The van der Waals surface area contributed by atoms with Gasteiger partial charge in [-0.25, -0.2) is 13.2 Å². The molecule has 3 heterocycles. The summed E-state index contributed by atoms with van der Waals surface area (Å²) >= 11 is 1.79. The molecule has 3 aromatic rings. The Balaban J connectivity index is 1.30. The number of thioether (sulfide) groups is 1. The zero-order valence-electron chi connectivity index (χ0n) is 18.0. The lowest BCUT2D eigenvalue weighted by Crippen LogP contribution is -2.31. The number of carbonyl (C=O) groups is 1. The van der Waals surface area contributed by atoms with E-state index in [0.29, 0.717) is 18.6 Å². The monoisotopic (exact) mass is 487 g/mol. The summed E-state index contributed by atoms with van der Waals surface area (Å²) in [5.74, 6) is 0.195. The number of aromatic nitrogens is 1. The average molecular weight is 488 g/mol. The lowest BCUT2D eigenvalue weighted by Gasteiger charge is -2.25. The molecule has 2 aliphatic rings. The molecule has 1 N–H and O–H groups in total. The zero-order chi connectivity index (χ0) is 23.0. The van der Waals surface area contributed by atoms with E-state index in [0.717, 1.165) is 30.6 Å². The van der Waals surface area contributed by atoms with E-state index in [4.69, 9.17) is 4.42 Å². The molecule has 5 rings (SSSR count). The van der Waals surface area contributed by atoms with Crippen LogP contribution in [0.15, 0.2) is 61.5 Å². The topological polar surface area (TPSA) is 102 Å². The molecule has 2 aromatic carbocycles. The molecule has 2 aliphatic heterocycles. The average Bonchev–Trinajstić information content (AvgIpc) is 3.46. The Hall–Kier alpha value is -2.56. The Labute approximate surface area is 196 Å². The first kappa shape index (κ1) is 22.2. The molecule has 33 heavy (non-hydrogen) atoms. The maximum atomic E-state index is 12.8. The van der Waals surface area contributed by atoms with Crippen LogP contribution >= 0.6 is 11.8 Å². The molecule has 174 valence electrons. The van der Waals surface area contributed by atoms with Crippen molar-refractivity contribution in [3.8, 4) is 0 Å². The van der Waals surface area contributed by atoms with Crippen LogP contribution in [0.25, 0.3) is 11.1 Å². The fourth-order valence-electron chi connectivity index (χ4n) is 4.47. The number of benzene rings is 2. The molecule has 0 bridgehead atoms. The molecule has 1 aromatic heterocycles. The number of sulfonamides is 1. The molecular formula is C23H25N3O5S2. The third-order valence-electron chi connectivity index (χ3n) is 6.20. The molecule has 0 spiro atoms. The summed E-state index contributed by atoms with van der Waals surface area (Å²) in [6, 6.07) is 12.5. The van der Waals surface area contributed by atoms with Crippen LogP contribution in [-0.2, 0) is 21.4 Å². The quantitative estimate of drug-likeness (QED) is 0.573. The zero-order valence-corrected chi connectivity index (χ0v) is 19.7. The van der Waals surface area contributed by atoms with Crippen molar-refractivity contribution in [2.75, 3.05) is 18.8 Å². The van der Waals surface area contributed by atoms with Crippen LogP contribution in [0.3, 0.4) is 0 Å². The molecule has 0 radical (unpaired) electrons. The fourth-order valence-corrected chi connectivity index (χ4v) is 7.13. The number of hydrogen-bond acceptors (Lipinski definition) is 6. The van der Waals surface area contributed by atoms with Crippen LogP contribution in [-0.4, -0.2) is 42.0 Å². The fraction of sp³-hybridized carbons (Fsp3) is 0.391. The lowest BCUT2D eigenvalue weighted by atomic mass is 10.0. The van der Waals surface area contributed by atoms with Gasteiger partial charge in [0, 0.05) is 42.8 Å². The van der Waals surface area contributed by atoms with E-state index in [1.807, 2.05) is 18.2 Å². The molecule has 0 unspecified atom stereocenters. The van der Waals surface area contributed by atoms with Crippen molar-refractivity contribution in [3.05, 3.63) is 58.6 Å². The summed E-state index contributed by atoms with van der Waals surface area (Å²) in [6.45, 7) is 1.16. The lowest BCUT2D eigenvalue weighted by molar-refractivity contribution is -0.122. The van der Waals surface area contributed by atoms with Gasteiger partial charge < -0.3 is 9.73 Å². The van der Waals surface area contributed by atoms with Crippen molar-refractivity contribution >= 4 is 38.8 Å². The largest absolute Gasteiger partial charge is 0.419 e. The van der Waals surface area contributed by atoms with Gasteiger partial charge in [-0.15, -0.1) is 11.8 Å². The van der Waals surface area contributed by atoms with Crippen molar-refractivity contribution in [3.63, 3.8) is 0 Å². The SMILES string of the molecule is O=C(CCn1c(=O)oc2cc(S(=O)(=O)N3CCCC3)ccc21)N[C@H]1CCSc2ccccc21. The Morgan fingerprint density at radius 2 is 1.94 bits per heavy atom. The third kappa shape index (κ3) is 4.34. The second kappa shape index (κ2) is 9.00. The van der Waals surface area contributed by atoms with E-state index in [9.17, 15) is 18.0 Å².